The fraction of sp³-hybridized carbons (Fsp3) is 0.652. The summed E-state index contributed by atoms with van der Waals surface area (Å²) in [6, 6.07) is 0. The number of ether oxygens (including phenoxy) is 4. The van der Waals surface area contributed by atoms with Crippen molar-refractivity contribution in [3.8, 4) is 0 Å². The van der Waals surface area contributed by atoms with Gasteiger partial charge < -0.3 is 44.5 Å². The minimum absolute atomic E-state index is 0.0145. The second kappa shape index (κ2) is 18.1. The molecule has 3 unspecified atom stereocenters. The average Bonchev–Trinajstić information content (AvgIpc) is 2.82. The number of hydrogen-bond acceptors (Lipinski definition) is 13. The maximum atomic E-state index is 12.3. The quantitative estimate of drug-likeness (QED) is 0.0649. The van der Waals surface area contributed by atoms with E-state index in [9.17, 15) is 48.6 Å². The number of esters is 4. The maximum absolute atomic E-state index is 12.3. The molecule has 226 valence electrons. The monoisotopic (exact) mass is 580 g/mol. The molecule has 0 aromatic carbocycles. The van der Waals surface area contributed by atoms with Crippen LogP contribution >= 0.6 is 0 Å². The zero-order valence-corrected chi connectivity index (χ0v) is 21.6. The van der Waals surface area contributed by atoms with Crippen LogP contribution < -0.4 is 0 Å². The van der Waals surface area contributed by atoms with E-state index in [1.54, 1.807) is 0 Å². The molecule has 40 heavy (non-hydrogen) atoms. The molecule has 0 radical (unpaired) electrons. The Kier molecular flexibility index (Phi) is 16.2. The lowest BCUT2D eigenvalue weighted by atomic mass is 9.95. The number of carboxylic acid groups (broad SMARTS) is 4. The zero-order valence-electron chi connectivity index (χ0n) is 21.6. The van der Waals surface area contributed by atoms with E-state index in [2.05, 4.69) is 4.74 Å². The van der Waals surface area contributed by atoms with Gasteiger partial charge in [0.1, 0.15) is 0 Å². The topological polar surface area (TPSA) is 275 Å². The molecule has 0 saturated carbocycles. The van der Waals surface area contributed by atoms with Gasteiger partial charge in [-0.1, -0.05) is 0 Å². The van der Waals surface area contributed by atoms with Crippen LogP contribution in [0.3, 0.4) is 0 Å². The number of carbonyl (C=O) groups excluding carboxylic acids is 4. The zero-order chi connectivity index (χ0) is 30.9. The number of aliphatic hydroxyl groups excluding tert-OH is 1. The summed E-state index contributed by atoms with van der Waals surface area (Å²) in [5, 5.41) is 45.2. The molecular formula is C23H32O17. The van der Waals surface area contributed by atoms with Crippen molar-refractivity contribution in [2.24, 2.45) is 0 Å². The van der Waals surface area contributed by atoms with Crippen molar-refractivity contribution in [1.82, 2.24) is 0 Å². The fourth-order valence-electron chi connectivity index (χ4n) is 2.90. The van der Waals surface area contributed by atoms with Crippen LogP contribution in [0.4, 0.5) is 0 Å². The summed E-state index contributed by atoms with van der Waals surface area (Å²) in [6.07, 6.45) is -6.77. The van der Waals surface area contributed by atoms with Crippen LogP contribution in [-0.4, -0.2) is 104 Å². The van der Waals surface area contributed by atoms with Crippen LogP contribution in [0.1, 0.15) is 64.7 Å². The van der Waals surface area contributed by atoms with Crippen LogP contribution in [0.15, 0.2) is 0 Å². The lowest BCUT2D eigenvalue weighted by Gasteiger charge is -2.28. The Bertz CT molecular complexity index is 942. The van der Waals surface area contributed by atoms with E-state index in [-0.39, 0.29) is 32.5 Å². The number of aliphatic hydroxyl groups is 1. The van der Waals surface area contributed by atoms with Crippen LogP contribution in [0.2, 0.25) is 0 Å². The summed E-state index contributed by atoms with van der Waals surface area (Å²) in [4.78, 5) is 91.8. The van der Waals surface area contributed by atoms with E-state index in [4.69, 9.17) is 29.5 Å². The highest BCUT2D eigenvalue weighted by Gasteiger charge is 2.49. The first-order valence-electron chi connectivity index (χ1n) is 11.9. The van der Waals surface area contributed by atoms with Gasteiger partial charge in [-0.3, -0.25) is 24.0 Å². The number of carbonyl (C=O) groups is 8. The molecule has 5 N–H and O–H groups in total. The molecule has 17 heteroatoms. The molecule has 0 aliphatic rings. The minimum Gasteiger partial charge on any atom is -0.481 e. The van der Waals surface area contributed by atoms with Crippen molar-refractivity contribution >= 4 is 47.8 Å². The lowest BCUT2D eigenvalue weighted by Crippen LogP contribution is -2.49. The highest BCUT2D eigenvalue weighted by Crippen LogP contribution is 2.24. The SMILES string of the molecule is CC(OC(=O)CC(CC(=O)O)(OC(=O)C(O)CC(=O)O)C(=O)O)C(=O)OCCCCOC(=O)CCCCC(=O)O. The van der Waals surface area contributed by atoms with Crippen molar-refractivity contribution in [2.75, 3.05) is 13.2 Å². The average molecular weight is 580 g/mol. The Morgan fingerprint density at radius 3 is 1.77 bits per heavy atom. The normalized spacial score (nSPS) is 13.6. The van der Waals surface area contributed by atoms with Gasteiger partial charge in [0.05, 0.1) is 32.5 Å². The molecular weight excluding hydrogens is 548 g/mol. The summed E-state index contributed by atoms with van der Waals surface area (Å²) in [7, 11) is 0. The van der Waals surface area contributed by atoms with Crippen LogP contribution in [0.25, 0.3) is 0 Å². The molecule has 3 atom stereocenters. The molecule has 0 spiro atoms. The molecule has 0 aliphatic carbocycles. The summed E-state index contributed by atoms with van der Waals surface area (Å²) in [6.45, 7) is 0.906. The van der Waals surface area contributed by atoms with E-state index < -0.39 is 84.8 Å². The first-order valence-corrected chi connectivity index (χ1v) is 11.9. The van der Waals surface area contributed by atoms with Gasteiger partial charge in [-0.2, -0.15) is 0 Å². The third-order valence-corrected chi connectivity index (χ3v) is 4.90. The van der Waals surface area contributed by atoms with Crippen molar-refractivity contribution in [3.05, 3.63) is 0 Å². The predicted molar refractivity (Wildman–Crippen MR) is 124 cm³/mol. The molecule has 0 rings (SSSR count). The highest BCUT2D eigenvalue weighted by molar-refractivity contribution is 5.92. The second-order valence-corrected chi connectivity index (χ2v) is 8.41. The van der Waals surface area contributed by atoms with E-state index in [1.807, 2.05) is 0 Å². The molecule has 0 aliphatic heterocycles. The Morgan fingerprint density at radius 2 is 1.25 bits per heavy atom. The number of unbranched alkanes of at least 4 members (excludes halogenated alkanes) is 2. The maximum Gasteiger partial charge on any atom is 0.349 e. The molecule has 0 heterocycles. The van der Waals surface area contributed by atoms with Crippen LogP contribution in [0, 0.1) is 0 Å². The molecule has 0 aromatic heterocycles. The van der Waals surface area contributed by atoms with Crippen molar-refractivity contribution in [2.45, 2.75) is 82.5 Å². The van der Waals surface area contributed by atoms with Crippen molar-refractivity contribution in [3.63, 3.8) is 0 Å². The van der Waals surface area contributed by atoms with Gasteiger partial charge in [-0.15, -0.1) is 0 Å². The van der Waals surface area contributed by atoms with E-state index in [0.717, 1.165) is 6.92 Å². The number of hydrogen-bond donors (Lipinski definition) is 5. The Morgan fingerprint density at radius 1 is 0.675 bits per heavy atom. The van der Waals surface area contributed by atoms with Gasteiger partial charge in [-0.05, 0) is 32.6 Å². The summed E-state index contributed by atoms with van der Waals surface area (Å²) in [5.41, 5.74) is -3.09. The van der Waals surface area contributed by atoms with Gasteiger partial charge in [0.15, 0.2) is 12.2 Å². The summed E-state index contributed by atoms with van der Waals surface area (Å²) < 4.78 is 19.1. The van der Waals surface area contributed by atoms with Gasteiger partial charge in [-0.25, -0.2) is 14.4 Å². The molecule has 17 nitrogen and oxygen atoms in total. The first-order chi connectivity index (χ1) is 18.6. The Balaban J connectivity index is 4.74. The van der Waals surface area contributed by atoms with E-state index in [1.165, 1.54) is 0 Å². The van der Waals surface area contributed by atoms with Gasteiger partial charge in [0.2, 0.25) is 5.60 Å². The summed E-state index contributed by atoms with van der Waals surface area (Å²) >= 11 is 0. The molecule has 0 bridgehead atoms. The third-order valence-electron chi connectivity index (χ3n) is 4.90. The molecule has 0 aromatic rings. The van der Waals surface area contributed by atoms with E-state index >= 15 is 0 Å². The van der Waals surface area contributed by atoms with Crippen molar-refractivity contribution in [1.29, 1.82) is 0 Å². The molecule has 0 amide bonds. The largest absolute Gasteiger partial charge is 0.481 e. The number of rotatable bonds is 21. The van der Waals surface area contributed by atoms with Crippen molar-refractivity contribution < 1.29 is 82.8 Å². The smallest absolute Gasteiger partial charge is 0.349 e. The minimum atomic E-state index is -3.09. The number of aliphatic carboxylic acids is 4. The predicted octanol–water partition coefficient (Wildman–Crippen LogP) is -0.503. The standard InChI is InChI=1S/C23H32O17/c1-13(20(33)38-9-5-4-8-37-18(31)7-3-2-6-15(25)26)39-19(32)12-23(22(35)36,11-17(29)30)40-21(34)14(24)10-16(27)28/h13-14,24H,2-12H2,1H3,(H,25,26)(H,27,28)(H,29,30)(H,35,36). The van der Waals surface area contributed by atoms with Gasteiger partial charge in [0.25, 0.3) is 0 Å². The Labute approximate surface area is 226 Å². The molecule has 0 saturated heterocycles. The number of carboxylic acids is 4. The highest BCUT2D eigenvalue weighted by atomic mass is 16.6. The lowest BCUT2D eigenvalue weighted by molar-refractivity contribution is -0.194. The first kappa shape index (κ1) is 35.7. The van der Waals surface area contributed by atoms with E-state index in [0.29, 0.717) is 19.3 Å². The van der Waals surface area contributed by atoms with Crippen LogP contribution in [-0.2, 0) is 57.3 Å². The van der Waals surface area contributed by atoms with Gasteiger partial charge in [0, 0.05) is 12.8 Å². The fourth-order valence-corrected chi connectivity index (χ4v) is 2.90. The second-order valence-electron chi connectivity index (χ2n) is 8.41. The third kappa shape index (κ3) is 15.2. The molecule has 0 fully saturated rings. The summed E-state index contributed by atoms with van der Waals surface area (Å²) in [5.74, 6) is -11.4. The Hall–Kier alpha value is -4.28. The van der Waals surface area contributed by atoms with Crippen LogP contribution in [0.5, 0.6) is 0 Å². The van der Waals surface area contributed by atoms with Gasteiger partial charge >= 0.3 is 47.8 Å².